The van der Waals surface area contributed by atoms with E-state index in [-0.39, 0.29) is 0 Å². The SMILES string of the molecule is CC1CCN(Cc2ccccc2C2CC2)CC1CN. The Labute approximate surface area is 117 Å². The van der Waals surface area contributed by atoms with Crippen LogP contribution in [0.4, 0.5) is 0 Å². The van der Waals surface area contributed by atoms with E-state index >= 15 is 0 Å². The van der Waals surface area contributed by atoms with Gasteiger partial charge in [0.15, 0.2) is 0 Å². The lowest BCUT2D eigenvalue weighted by Crippen LogP contribution is -2.42. The third-order valence-corrected chi connectivity index (χ3v) is 4.97. The number of nitrogens with zero attached hydrogens (tertiary/aromatic N) is 1. The average molecular weight is 258 g/mol. The maximum Gasteiger partial charge on any atom is 0.0236 e. The van der Waals surface area contributed by atoms with Gasteiger partial charge in [-0.25, -0.2) is 0 Å². The summed E-state index contributed by atoms with van der Waals surface area (Å²) in [5.74, 6) is 2.33. The van der Waals surface area contributed by atoms with E-state index in [0.717, 1.165) is 24.9 Å². The smallest absolute Gasteiger partial charge is 0.0236 e. The van der Waals surface area contributed by atoms with Crippen LogP contribution in [0.5, 0.6) is 0 Å². The molecule has 2 atom stereocenters. The Bertz CT molecular complexity index is 425. The van der Waals surface area contributed by atoms with Crippen molar-refractivity contribution in [2.75, 3.05) is 19.6 Å². The minimum absolute atomic E-state index is 0.682. The van der Waals surface area contributed by atoms with Crippen LogP contribution in [0.15, 0.2) is 24.3 Å². The third-order valence-electron chi connectivity index (χ3n) is 4.97. The fraction of sp³-hybridized carbons (Fsp3) is 0.647. The van der Waals surface area contributed by atoms with Crippen LogP contribution in [0, 0.1) is 11.8 Å². The van der Waals surface area contributed by atoms with E-state index in [1.165, 1.54) is 32.4 Å². The van der Waals surface area contributed by atoms with E-state index in [0.29, 0.717) is 5.92 Å². The van der Waals surface area contributed by atoms with Crippen molar-refractivity contribution >= 4 is 0 Å². The van der Waals surface area contributed by atoms with Gasteiger partial charge >= 0.3 is 0 Å². The standard InChI is InChI=1S/C17H26N2/c1-13-8-9-19(12-16(13)10-18)11-15-4-2-3-5-17(15)14-6-7-14/h2-5,13-14,16H,6-12,18H2,1H3. The Balaban J connectivity index is 1.68. The highest BCUT2D eigenvalue weighted by Gasteiger charge is 2.28. The molecule has 1 heterocycles. The van der Waals surface area contributed by atoms with Gasteiger partial charge in [-0.15, -0.1) is 0 Å². The number of nitrogens with two attached hydrogens (primary N) is 1. The third kappa shape index (κ3) is 3.01. The van der Waals surface area contributed by atoms with Gasteiger partial charge < -0.3 is 5.73 Å². The van der Waals surface area contributed by atoms with Crippen LogP contribution in [0.3, 0.4) is 0 Å². The monoisotopic (exact) mass is 258 g/mol. The van der Waals surface area contributed by atoms with Crippen LogP contribution in [0.25, 0.3) is 0 Å². The van der Waals surface area contributed by atoms with E-state index in [4.69, 9.17) is 5.73 Å². The predicted octanol–water partition coefficient (Wildman–Crippen LogP) is 2.98. The molecule has 1 aliphatic heterocycles. The van der Waals surface area contributed by atoms with Gasteiger partial charge in [0.2, 0.25) is 0 Å². The highest BCUT2D eigenvalue weighted by Crippen LogP contribution is 2.42. The Morgan fingerprint density at radius 2 is 2.00 bits per heavy atom. The number of benzene rings is 1. The molecule has 19 heavy (non-hydrogen) atoms. The zero-order valence-corrected chi connectivity index (χ0v) is 12.0. The second-order valence-corrected chi connectivity index (χ2v) is 6.47. The number of hydrogen-bond acceptors (Lipinski definition) is 2. The minimum Gasteiger partial charge on any atom is -0.330 e. The van der Waals surface area contributed by atoms with E-state index in [9.17, 15) is 0 Å². The average Bonchev–Trinajstić information content (AvgIpc) is 3.26. The number of piperidine rings is 1. The van der Waals surface area contributed by atoms with Crippen molar-refractivity contribution in [2.24, 2.45) is 17.6 Å². The molecule has 0 aromatic heterocycles. The molecule has 1 aromatic rings. The Morgan fingerprint density at radius 1 is 1.21 bits per heavy atom. The van der Waals surface area contributed by atoms with Crippen molar-refractivity contribution in [3.05, 3.63) is 35.4 Å². The molecule has 2 nitrogen and oxygen atoms in total. The fourth-order valence-electron chi connectivity index (χ4n) is 3.39. The molecule has 1 saturated heterocycles. The molecule has 0 bridgehead atoms. The van der Waals surface area contributed by atoms with Gasteiger partial charge in [-0.3, -0.25) is 4.90 Å². The summed E-state index contributed by atoms with van der Waals surface area (Å²) in [6.45, 7) is 6.72. The molecule has 0 radical (unpaired) electrons. The molecule has 2 fully saturated rings. The molecule has 3 rings (SSSR count). The second-order valence-electron chi connectivity index (χ2n) is 6.47. The Morgan fingerprint density at radius 3 is 2.74 bits per heavy atom. The van der Waals surface area contributed by atoms with E-state index < -0.39 is 0 Å². The summed E-state index contributed by atoms with van der Waals surface area (Å²) in [5.41, 5.74) is 9.06. The molecular formula is C17H26N2. The summed E-state index contributed by atoms with van der Waals surface area (Å²) in [4.78, 5) is 2.61. The zero-order chi connectivity index (χ0) is 13.2. The molecular weight excluding hydrogens is 232 g/mol. The molecule has 1 aliphatic carbocycles. The fourth-order valence-corrected chi connectivity index (χ4v) is 3.39. The summed E-state index contributed by atoms with van der Waals surface area (Å²) in [6, 6.07) is 9.04. The lowest BCUT2D eigenvalue weighted by Gasteiger charge is -2.36. The van der Waals surface area contributed by atoms with Crippen LogP contribution in [0.2, 0.25) is 0 Å². The van der Waals surface area contributed by atoms with E-state index in [2.05, 4.69) is 36.1 Å². The molecule has 0 spiro atoms. The lowest BCUT2D eigenvalue weighted by atomic mass is 9.87. The molecule has 2 unspecified atom stereocenters. The quantitative estimate of drug-likeness (QED) is 0.899. The minimum atomic E-state index is 0.682. The van der Waals surface area contributed by atoms with Gasteiger partial charge in [-0.05, 0) is 61.2 Å². The normalized spacial score (nSPS) is 28.5. The molecule has 104 valence electrons. The largest absolute Gasteiger partial charge is 0.330 e. The molecule has 2 heteroatoms. The van der Waals surface area contributed by atoms with Crippen LogP contribution < -0.4 is 5.73 Å². The zero-order valence-electron chi connectivity index (χ0n) is 12.0. The van der Waals surface area contributed by atoms with Crippen molar-refractivity contribution in [1.82, 2.24) is 4.90 Å². The first kappa shape index (κ1) is 13.1. The van der Waals surface area contributed by atoms with Crippen LogP contribution in [-0.4, -0.2) is 24.5 Å². The highest BCUT2D eigenvalue weighted by molar-refractivity contribution is 5.33. The first-order valence-electron chi connectivity index (χ1n) is 7.78. The number of likely N-dealkylation sites (tertiary alicyclic amines) is 1. The van der Waals surface area contributed by atoms with Crippen LogP contribution >= 0.6 is 0 Å². The van der Waals surface area contributed by atoms with Gasteiger partial charge in [0.1, 0.15) is 0 Å². The van der Waals surface area contributed by atoms with Crippen LogP contribution in [0.1, 0.15) is 43.2 Å². The summed E-state index contributed by atoms with van der Waals surface area (Å²) >= 11 is 0. The molecule has 0 amide bonds. The summed E-state index contributed by atoms with van der Waals surface area (Å²) < 4.78 is 0. The van der Waals surface area contributed by atoms with E-state index in [1.807, 2.05) is 0 Å². The highest BCUT2D eigenvalue weighted by atomic mass is 15.1. The molecule has 1 saturated carbocycles. The maximum atomic E-state index is 5.91. The predicted molar refractivity (Wildman–Crippen MR) is 80.0 cm³/mol. The van der Waals surface area contributed by atoms with Crippen molar-refractivity contribution in [3.63, 3.8) is 0 Å². The van der Waals surface area contributed by atoms with Gasteiger partial charge in [0.05, 0.1) is 0 Å². The van der Waals surface area contributed by atoms with Gasteiger partial charge in [-0.1, -0.05) is 31.2 Å². The first-order valence-corrected chi connectivity index (χ1v) is 7.78. The van der Waals surface area contributed by atoms with Crippen molar-refractivity contribution in [3.8, 4) is 0 Å². The maximum absolute atomic E-state index is 5.91. The molecule has 2 aliphatic rings. The molecule has 2 N–H and O–H groups in total. The summed E-state index contributed by atoms with van der Waals surface area (Å²) in [6.07, 6.45) is 4.08. The van der Waals surface area contributed by atoms with Crippen molar-refractivity contribution < 1.29 is 0 Å². The Hall–Kier alpha value is -0.860. The number of hydrogen-bond donors (Lipinski definition) is 1. The number of rotatable bonds is 4. The summed E-state index contributed by atoms with van der Waals surface area (Å²) in [5, 5.41) is 0. The van der Waals surface area contributed by atoms with Crippen molar-refractivity contribution in [1.29, 1.82) is 0 Å². The topological polar surface area (TPSA) is 29.3 Å². The van der Waals surface area contributed by atoms with Crippen LogP contribution in [-0.2, 0) is 6.54 Å². The van der Waals surface area contributed by atoms with E-state index in [1.54, 1.807) is 11.1 Å². The lowest BCUT2D eigenvalue weighted by molar-refractivity contribution is 0.126. The second kappa shape index (κ2) is 5.64. The van der Waals surface area contributed by atoms with Crippen molar-refractivity contribution in [2.45, 2.75) is 38.6 Å². The van der Waals surface area contributed by atoms with Gasteiger partial charge in [-0.2, -0.15) is 0 Å². The van der Waals surface area contributed by atoms with Gasteiger partial charge in [0.25, 0.3) is 0 Å². The Kier molecular flexibility index (Phi) is 3.90. The molecule has 1 aromatic carbocycles. The first-order chi connectivity index (χ1) is 9.28. The summed E-state index contributed by atoms with van der Waals surface area (Å²) in [7, 11) is 0. The van der Waals surface area contributed by atoms with Gasteiger partial charge in [0, 0.05) is 13.1 Å².